The number of amides is 2. The highest BCUT2D eigenvalue weighted by atomic mass is 35.5. The van der Waals surface area contributed by atoms with E-state index < -0.39 is 6.04 Å². The minimum absolute atomic E-state index is 0.0582. The van der Waals surface area contributed by atoms with Crippen LogP contribution in [0.5, 0.6) is 0 Å². The number of hydrogen-bond donors (Lipinski definition) is 1. The summed E-state index contributed by atoms with van der Waals surface area (Å²) in [7, 11) is 0. The SMILES string of the molecule is CC[C@H](C(=O)N[C@@H](C)CC)N(Cc1ccccc1Cl)C(=O)Cc1cc(C)ccc1C. The Morgan fingerprint density at radius 1 is 1.03 bits per heavy atom. The van der Waals surface area contributed by atoms with Gasteiger partial charge < -0.3 is 10.2 Å². The average molecular weight is 429 g/mol. The summed E-state index contributed by atoms with van der Waals surface area (Å²) in [5.41, 5.74) is 4.01. The van der Waals surface area contributed by atoms with Crippen LogP contribution in [0.25, 0.3) is 0 Å². The van der Waals surface area contributed by atoms with Gasteiger partial charge in [0.2, 0.25) is 11.8 Å². The molecule has 0 aliphatic rings. The molecule has 1 N–H and O–H groups in total. The van der Waals surface area contributed by atoms with Gasteiger partial charge in [-0.25, -0.2) is 0 Å². The number of nitrogens with zero attached hydrogens (tertiary/aromatic N) is 1. The zero-order chi connectivity index (χ0) is 22.3. The van der Waals surface area contributed by atoms with Gasteiger partial charge in [0.15, 0.2) is 0 Å². The van der Waals surface area contributed by atoms with Gasteiger partial charge in [0.05, 0.1) is 6.42 Å². The second-order valence-corrected chi connectivity index (χ2v) is 8.37. The maximum Gasteiger partial charge on any atom is 0.243 e. The van der Waals surface area contributed by atoms with E-state index in [9.17, 15) is 9.59 Å². The Bertz CT molecular complexity index is 881. The lowest BCUT2D eigenvalue weighted by molar-refractivity contribution is -0.141. The Morgan fingerprint density at radius 3 is 2.37 bits per heavy atom. The average Bonchev–Trinajstić information content (AvgIpc) is 2.71. The first-order valence-electron chi connectivity index (χ1n) is 10.7. The number of aryl methyl sites for hydroxylation is 2. The lowest BCUT2D eigenvalue weighted by Crippen LogP contribution is -2.51. The molecule has 2 amide bonds. The van der Waals surface area contributed by atoms with Gasteiger partial charge in [0.25, 0.3) is 0 Å². The van der Waals surface area contributed by atoms with Crippen LogP contribution in [0.15, 0.2) is 42.5 Å². The van der Waals surface area contributed by atoms with Crippen LogP contribution in [-0.2, 0) is 22.6 Å². The largest absolute Gasteiger partial charge is 0.352 e. The molecule has 4 nitrogen and oxygen atoms in total. The van der Waals surface area contributed by atoms with E-state index in [4.69, 9.17) is 11.6 Å². The Balaban J connectivity index is 2.35. The number of nitrogens with one attached hydrogen (secondary N) is 1. The van der Waals surface area contributed by atoms with Gasteiger partial charge in [-0.15, -0.1) is 0 Å². The summed E-state index contributed by atoms with van der Waals surface area (Å²) in [5, 5.41) is 3.63. The quantitative estimate of drug-likeness (QED) is 0.595. The van der Waals surface area contributed by atoms with Gasteiger partial charge in [-0.2, -0.15) is 0 Å². The highest BCUT2D eigenvalue weighted by Crippen LogP contribution is 2.21. The van der Waals surface area contributed by atoms with Crippen molar-refractivity contribution in [3.05, 3.63) is 69.7 Å². The van der Waals surface area contributed by atoms with Crippen LogP contribution in [-0.4, -0.2) is 28.8 Å². The lowest BCUT2D eigenvalue weighted by atomic mass is 10.0. The third kappa shape index (κ3) is 6.33. The molecule has 0 unspecified atom stereocenters. The molecule has 0 heterocycles. The predicted molar refractivity (Wildman–Crippen MR) is 124 cm³/mol. The van der Waals surface area contributed by atoms with E-state index in [1.807, 2.05) is 77.1 Å². The van der Waals surface area contributed by atoms with Crippen molar-refractivity contribution in [3.8, 4) is 0 Å². The van der Waals surface area contributed by atoms with E-state index in [2.05, 4.69) is 5.32 Å². The Labute approximate surface area is 185 Å². The topological polar surface area (TPSA) is 49.4 Å². The van der Waals surface area contributed by atoms with Crippen LogP contribution >= 0.6 is 11.6 Å². The zero-order valence-corrected chi connectivity index (χ0v) is 19.4. The molecule has 2 rings (SSSR count). The number of hydrogen-bond acceptors (Lipinski definition) is 2. The lowest BCUT2D eigenvalue weighted by Gasteiger charge is -2.32. The minimum Gasteiger partial charge on any atom is -0.352 e. The molecular weight excluding hydrogens is 396 g/mol. The zero-order valence-electron chi connectivity index (χ0n) is 18.7. The summed E-state index contributed by atoms with van der Waals surface area (Å²) in [6.45, 7) is 10.3. The van der Waals surface area contributed by atoms with Gasteiger partial charge in [0, 0.05) is 17.6 Å². The number of carbonyl (C=O) groups is 2. The van der Waals surface area contributed by atoms with Gasteiger partial charge in [0.1, 0.15) is 6.04 Å². The molecule has 0 aromatic heterocycles. The van der Waals surface area contributed by atoms with Crippen molar-refractivity contribution in [1.82, 2.24) is 10.2 Å². The maximum absolute atomic E-state index is 13.5. The summed E-state index contributed by atoms with van der Waals surface area (Å²) >= 11 is 6.37. The van der Waals surface area contributed by atoms with E-state index in [0.717, 1.165) is 28.7 Å². The van der Waals surface area contributed by atoms with E-state index >= 15 is 0 Å². The van der Waals surface area contributed by atoms with Crippen LogP contribution in [0.3, 0.4) is 0 Å². The van der Waals surface area contributed by atoms with Crippen LogP contribution < -0.4 is 5.32 Å². The molecule has 0 fully saturated rings. The highest BCUT2D eigenvalue weighted by Gasteiger charge is 2.29. The first-order chi connectivity index (χ1) is 14.3. The van der Waals surface area contributed by atoms with Crippen LogP contribution in [0.1, 0.15) is 55.9 Å². The summed E-state index contributed by atoms with van der Waals surface area (Å²) in [6.07, 6.45) is 1.62. The van der Waals surface area contributed by atoms with Crippen molar-refractivity contribution in [1.29, 1.82) is 0 Å². The van der Waals surface area contributed by atoms with E-state index in [1.165, 1.54) is 0 Å². The monoisotopic (exact) mass is 428 g/mol. The molecular formula is C25H33ClN2O2. The number of rotatable bonds is 9. The standard InChI is InChI=1S/C25H33ClN2O2/c1-6-19(5)27-25(30)23(7-2)28(16-20-10-8-9-11-22(20)26)24(29)15-21-14-17(3)12-13-18(21)4/h8-14,19,23H,6-7,15-16H2,1-5H3,(H,27,30)/t19-,23+/m0/s1. The third-order valence-electron chi connectivity index (χ3n) is 5.53. The number of carbonyl (C=O) groups excluding carboxylic acids is 2. The third-order valence-corrected chi connectivity index (χ3v) is 5.90. The smallest absolute Gasteiger partial charge is 0.243 e. The maximum atomic E-state index is 13.5. The number of benzene rings is 2. The molecule has 0 radical (unpaired) electrons. The first kappa shape index (κ1) is 23.9. The van der Waals surface area contributed by atoms with Crippen LogP contribution in [0.4, 0.5) is 0 Å². The van der Waals surface area contributed by atoms with E-state index in [0.29, 0.717) is 18.0 Å². The van der Waals surface area contributed by atoms with Crippen molar-refractivity contribution >= 4 is 23.4 Å². The fourth-order valence-corrected chi connectivity index (χ4v) is 3.62. The molecule has 2 aromatic carbocycles. The molecule has 162 valence electrons. The van der Waals surface area contributed by atoms with E-state index in [-0.39, 0.29) is 24.3 Å². The van der Waals surface area contributed by atoms with Crippen molar-refractivity contribution in [3.63, 3.8) is 0 Å². The summed E-state index contributed by atoms with van der Waals surface area (Å²) in [4.78, 5) is 28.1. The molecule has 0 saturated heterocycles. The van der Waals surface area contributed by atoms with Gasteiger partial charge in [-0.3, -0.25) is 9.59 Å². The van der Waals surface area contributed by atoms with Gasteiger partial charge in [-0.05, 0) is 56.4 Å². The normalized spacial score (nSPS) is 12.9. The fraction of sp³-hybridized carbons (Fsp3) is 0.440. The Hall–Kier alpha value is -2.33. The van der Waals surface area contributed by atoms with Crippen molar-refractivity contribution in [2.24, 2.45) is 0 Å². The summed E-state index contributed by atoms with van der Waals surface area (Å²) in [5.74, 6) is -0.192. The fourth-order valence-electron chi connectivity index (χ4n) is 3.43. The number of halogens is 1. The van der Waals surface area contributed by atoms with Gasteiger partial charge in [-0.1, -0.05) is 67.4 Å². The molecule has 2 aromatic rings. The molecule has 0 bridgehead atoms. The molecule has 5 heteroatoms. The summed E-state index contributed by atoms with van der Waals surface area (Å²) in [6, 6.07) is 13.1. The predicted octanol–water partition coefficient (Wildman–Crippen LogP) is 5.22. The Morgan fingerprint density at radius 2 is 1.73 bits per heavy atom. The van der Waals surface area contributed by atoms with Crippen molar-refractivity contribution in [2.45, 2.75) is 72.5 Å². The molecule has 0 aliphatic heterocycles. The van der Waals surface area contributed by atoms with E-state index in [1.54, 1.807) is 4.90 Å². The molecule has 0 saturated carbocycles. The van der Waals surface area contributed by atoms with Crippen LogP contribution in [0, 0.1) is 13.8 Å². The van der Waals surface area contributed by atoms with Crippen LogP contribution in [0.2, 0.25) is 5.02 Å². The molecule has 0 spiro atoms. The molecule has 30 heavy (non-hydrogen) atoms. The minimum atomic E-state index is -0.548. The highest BCUT2D eigenvalue weighted by molar-refractivity contribution is 6.31. The molecule has 0 aliphatic carbocycles. The van der Waals surface area contributed by atoms with Crippen molar-refractivity contribution < 1.29 is 9.59 Å². The summed E-state index contributed by atoms with van der Waals surface area (Å²) < 4.78 is 0. The Kier molecular flexibility index (Phi) is 8.91. The second kappa shape index (κ2) is 11.2. The first-order valence-corrected chi connectivity index (χ1v) is 11.0. The van der Waals surface area contributed by atoms with Gasteiger partial charge >= 0.3 is 0 Å². The second-order valence-electron chi connectivity index (χ2n) is 7.96. The van der Waals surface area contributed by atoms with Crippen molar-refractivity contribution in [2.75, 3.05) is 0 Å². The molecule has 2 atom stereocenters.